The maximum absolute atomic E-state index is 12.2. The van der Waals surface area contributed by atoms with Gasteiger partial charge in [-0.05, 0) is 42.9 Å². The Bertz CT molecular complexity index is 352. The van der Waals surface area contributed by atoms with Crippen molar-refractivity contribution in [3.63, 3.8) is 0 Å². The van der Waals surface area contributed by atoms with E-state index in [-0.39, 0.29) is 11.3 Å². The van der Waals surface area contributed by atoms with E-state index in [1.54, 1.807) is 0 Å². The van der Waals surface area contributed by atoms with Crippen LogP contribution in [0.2, 0.25) is 0 Å². The molecule has 2 saturated carbocycles. The van der Waals surface area contributed by atoms with Crippen molar-refractivity contribution in [3.8, 4) is 0 Å². The largest absolute Gasteiger partial charge is 0.403 e. The molecule has 96 valence electrons. The van der Waals surface area contributed by atoms with Gasteiger partial charge in [-0.1, -0.05) is 20.8 Å². The van der Waals surface area contributed by atoms with Crippen molar-refractivity contribution in [1.29, 1.82) is 0 Å². The third kappa shape index (κ3) is 2.07. The SMILES string of the molecule is C[C@H]1CCC(C)(C(=O)N/C=C/N)CC2CC21C. The van der Waals surface area contributed by atoms with Gasteiger partial charge in [0.1, 0.15) is 0 Å². The highest BCUT2D eigenvalue weighted by Gasteiger charge is 2.58. The van der Waals surface area contributed by atoms with Crippen molar-refractivity contribution in [2.75, 3.05) is 0 Å². The smallest absolute Gasteiger partial charge is 0.229 e. The molecule has 0 heterocycles. The van der Waals surface area contributed by atoms with Gasteiger partial charge >= 0.3 is 0 Å². The van der Waals surface area contributed by atoms with Crippen LogP contribution in [0.5, 0.6) is 0 Å². The zero-order valence-corrected chi connectivity index (χ0v) is 11.1. The Hall–Kier alpha value is -0.990. The van der Waals surface area contributed by atoms with Crippen molar-refractivity contribution in [3.05, 3.63) is 12.4 Å². The molecule has 0 aromatic carbocycles. The fourth-order valence-electron chi connectivity index (χ4n) is 3.40. The van der Waals surface area contributed by atoms with Gasteiger partial charge in [-0.15, -0.1) is 0 Å². The van der Waals surface area contributed by atoms with Gasteiger partial charge in [0.05, 0.1) is 0 Å². The van der Waals surface area contributed by atoms with E-state index in [2.05, 4.69) is 26.1 Å². The maximum Gasteiger partial charge on any atom is 0.229 e. The third-order valence-corrected chi connectivity index (χ3v) is 5.27. The Balaban J connectivity index is 2.08. The summed E-state index contributed by atoms with van der Waals surface area (Å²) < 4.78 is 0. The second kappa shape index (κ2) is 4.04. The summed E-state index contributed by atoms with van der Waals surface area (Å²) >= 11 is 0. The first-order valence-corrected chi connectivity index (χ1v) is 6.60. The molecule has 4 atom stereocenters. The molecule has 2 rings (SSSR count). The van der Waals surface area contributed by atoms with Crippen LogP contribution in [0.4, 0.5) is 0 Å². The lowest BCUT2D eigenvalue weighted by atomic mass is 9.80. The molecule has 0 aromatic rings. The first-order chi connectivity index (χ1) is 7.92. The standard InChI is InChI=1S/C14H24N2O/c1-10-4-5-13(2,12(17)16-7-6-15)8-11-9-14(10,11)3/h6-7,10-11H,4-5,8-9,15H2,1-3H3,(H,16,17)/b7-6+/t10-,11?,13?,14?/m0/s1. The Morgan fingerprint density at radius 2 is 2.12 bits per heavy atom. The minimum absolute atomic E-state index is 0.127. The van der Waals surface area contributed by atoms with Gasteiger partial charge in [0.2, 0.25) is 5.91 Å². The number of fused-ring (bicyclic) bond motifs is 1. The average Bonchev–Trinajstić information content (AvgIpc) is 2.95. The Kier molecular flexibility index (Phi) is 2.96. The number of hydrogen-bond donors (Lipinski definition) is 2. The van der Waals surface area contributed by atoms with Gasteiger partial charge in [0.25, 0.3) is 0 Å². The maximum atomic E-state index is 12.2. The molecule has 3 unspecified atom stereocenters. The summed E-state index contributed by atoms with van der Waals surface area (Å²) in [7, 11) is 0. The first-order valence-electron chi connectivity index (χ1n) is 6.60. The molecule has 0 aromatic heterocycles. The topological polar surface area (TPSA) is 55.1 Å². The van der Waals surface area contributed by atoms with Gasteiger partial charge in [-0.3, -0.25) is 4.79 Å². The number of hydrogen-bond acceptors (Lipinski definition) is 2. The second-order valence-electron chi connectivity index (χ2n) is 6.44. The number of amides is 1. The molecule has 3 heteroatoms. The molecule has 3 N–H and O–H groups in total. The molecule has 2 fully saturated rings. The molecule has 2 aliphatic rings. The van der Waals surface area contributed by atoms with Crippen LogP contribution < -0.4 is 11.1 Å². The predicted octanol–water partition coefficient (Wildman–Crippen LogP) is 2.39. The zero-order chi connectivity index (χ0) is 12.7. The molecule has 17 heavy (non-hydrogen) atoms. The number of carbonyl (C=O) groups is 1. The van der Waals surface area contributed by atoms with Gasteiger partial charge in [0.15, 0.2) is 0 Å². The summed E-state index contributed by atoms with van der Waals surface area (Å²) in [6.07, 6.45) is 7.38. The van der Waals surface area contributed by atoms with E-state index in [4.69, 9.17) is 5.73 Å². The minimum Gasteiger partial charge on any atom is -0.403 e. The van der Waals surface area contributed by atoms with Gasteiger partial charge in [-0.2, -0.15) is 0 Å². The summed E-state index contributed by atoms with van der Waals surface area (Å²) in [5.41, 5.74) is 5.55. The van der Waals surface area contributed by atoms with Crippen LogP contribution in [0, 0.1) is 22.7 Å². The highest BCUT2D eigenvalue weighted by atomic mass is 16.2. The third-order valence-electron chi connectivity index (χ3n) is 5.27. The highest BCUT2D eigenvalue weighted by molar-refractivity contribution is 5.83. The summed E-state index contributed by atoms with van der Waals surface area (Å²) in [4.78, 5) is 12.2. The number of rotatable bonds is 2. The highest BCUT2D eigenvalue weighted by Crippen LogP contribution is 2.65. The first kappa shape index (κ1) is 12.5. The molecule has 0 bridgehead atoms. The summed E-state index contributed by atoms with van der Waals surface area (Å²) in [5, 5.41) is 2.79. The Morgan fingerprint density at radius 3 is 2.76 bits per heavy atom. The van der Waals surface area contributed by atoms with E-state index in [1.807, 2.05) is 0 Å². The molecule has 0 spiro atoms. The van der Waals surface area contributed by atoms with E-state index in [0.717, 1.165) is 31.1 Å². The van der Waals surface area contributed by atoms with Gasteiger partial charge < -0.3 is 11.1 Å². The summed E-state index contributed by atoms with van der Waals surface area (Å²) in [6.45, 7) is 6.82. The predicted molar refractivity (Wildman–Crippen MR) is 68.8 cm³/mol. The zero-order valence-electron chi connectivity index (χ0n) is 11.1. The number of carbonyl (C=O) groups excluding carboxylic acids is 1. The lowest BCUT2D eigenvalue weighted by molar-refractivity contribution is -0.130. The molecule has 3 nitrogen and oxygen atoms in total. The molecular weight excluding hydrogens is 212 g/mol. The molecule has 2 aliphatic carbocycles. The van der Waals surface area contributed by atoms with Crippen molar-refractivity contribution in [2.45, 2.75) is 46.5 Å². The summed E-state index contributed by atoms with van der Waals surface area (Å²) in [5.74, 6) is 1.60. The minimum atomic E-state index is -0.216. The van der Waals surface area contributed by atoms with Crippen LogP contribution in [0.3, 0.4) is 0 Å². The quantitative estimate of drug-likeness (QED) is 0.773. The lowest BCUT2D eigenvalue weighted by Gasteiger charge is -2.27. The van der Waals surface area contributed by atoms with Crippen LogP contribution in [-0.4, -0.2) is 5.91 Å². The average molecular weight is 236 g/mol. The molecule has 0 radical (unpaired) electrons. The molecule has 0 aliphatic heterocycles. The van der Waals surface area contributed by atoms with Gasteiger partial charge in [-0.25, -0.2) is 0 Å². The summed E-state index contributed by atoms with van der Waals surface area (Å²) in [6, 6.07) is 0. The van der Waals surface area contributed by atoms with Crippen LogP contribution in [0.25, 0.3) is 0 Å². The Labute approximate surface area is 104 Å². The van der Waals surface area contributed by atoms with Crippen molar-refractivity contribution >= 4 is 5.91 Å². The fourth-order valence-corrected chi connectivity index (χ4v) is 3.40. The number of nitrogens with one attached hydrogen (secondary N) is 1. The van der Waals surface area contributed by atoms with E-state index in [9.17, 15) is 4.79 Å². The van der Waals surface area contributed by atoms with Crippen LogP contribution in [0.1, 0.15) is 46.5 Å². The van der Waals surface area contributed by atoms with E-state index in [1.165, 1.54) is 18.8 Å². The second-order valence-corrected chi connectivity index (χ2v) is 6.44. The molecular formula is C14H24N2O. The van der Waals surface area contributed by atoms with Crippen molar-refractivity contribution in [1.82, 2.24) is 5.32 Å². The van der Waals surface area contributed by atoms with Gasteiger partial charge in [0, 0.05) is 17.8 Å². The van der Waals surface area contributed by atoms with Crippen molar-refractivity contribution in [2.24, 2.45) is 28.4 Å². The van der Waals surface area contributed by atoms with E-state index < -0.39 is 0 Å². The normalized spacial score (nSPS) is 45.1. The molecule has 0 saturated heterocycles. The number of nitrogens with two attached hydrogens (primary N) is 1. The van der Waals surface area contributed by atoms with Crippen LogP contribution in [0.15, 0.2) is 12.4 Å². The monoisotopic (exact) mass is 236 g/mol. The molecule has 1 amide bonds. The van der Waals surface area contributed by atoms with E-state index in [0.29, 0.717) is 5.41 Å². The van der Waals surface area contributed by atoms with Crippen LogP contribution >= 0.6 is 0 Å². The van der Waals surface area contributed by atoms with E-state index >= 15 is 0 Å². The van der Waals surface area contributed by atoms with Crippen LogP contribution in [-0.2, 0) is 4.79 Å². The van der Waals surface area contributed by atoms with Crippen molar-refractivity contribution < 1.29 is 4.79 Å². The fraction of sp³-hybridized carbons (Fsp3) is 0.786. The Morgan fingerprint density at radius 1 is 1.41 bits per heavy atom. The lowest BCUT2D eigenvalue weighted by Crippen LogP contribution is -2.36.